The summed E-state index contributed by atoms with van der Waals surface area (Å²) in [6.45, 7) is 2.03. The number of carbonyl (C=O) groups is 1. The molecule has 5 rings (SSSR count). The van der Waals surface area contributed by atoms with Crippen LogP contribution >= 0.6 is 11.8 Å². The molecule has 5 aromatic rings. The van der Waals surface area contributed by atoms with Crippen molar-refractivity contribution in [3.63, 3.8) is 0 Å². The topological polar surface area (TPSA) is 106 Å². The van der Waals surface area contributed by atoms with Crippen molar-refractivity contribution in [2.24, 2.45) is 0 Å². The first-order chi connectivity index (χ1) is 17.1. The van der Waals surface area contributed by atoms with Crippen LogP contribution in [0.2, 0.25) is 0 Å². The molecule has 0 spiro atoms. The summed E-state index contributed by atoms with van der Waals surface area (Å²) >= 11 is 1.59. The molecular formula is C26H21N5O3S. The summed E-state index contributed by atoms with van der Waals surface area (Å²) in [5, 5.41) is 7.50. The molecule has 0 saturated heterocycles. The number of aromatic nitrogens is 4. The van der Waals surface area contributed by atoms with Gasteiger partial charge in [0, 0.05) is 22.6 Å². The minimum Gasteiger partial charge on any atom is -0.463 e. The molecule has 8 nitrogen and oxygen atoms in total. The Balaban J connectivity index is 1.59. The Hall–Kier alpha value is -4.37. The quantitative estimate of drug-likeness (QED) is 0.307. The van der Waals surface area contributed by atoms with Crippen molar-refractivity contribution in [2.45, 2.75) is 11.8 Å². The Morgan fingerprint density at radius 2 is 1.83 bits per heavy atom. The lowest BCUT2D eigenvalue weighted by Gasteiger charge is -2.11. The number of carbonyl (C=O) groups excluding carboxylic acids is 1. The van der Waals surface area contributed by atoms with Crippen molar-refractivity contribution in [3.8, 4) is 28.7 Å². The van der Waals surface area contributed by atoms with Gasteiger partial charge in [0.25, 0.3) is 11.5 Å². The molecule has 2 aromatic carbocycles. The number of thioether (sulfide) groups is 1. The van der Waals surface area contributed by atoms with Crippen molar-refractivity contribution in [3.05, 3.63) is 101 Å². The zero-order chi connectivity index (χ0) is 24.2. The number of nitrogens with one attached hydrogen (secondary N) is 2. The molecule has 0 unspecified atom stereocenters. The summed E-state index contributed by atoms with van der Waals surface area (Å²) in [5.74, 6) is 1.56. The van der Waals surface area contributed by atoms with Crippen LogP contribution in [0, 0.1) is 0 Å². The third kappa shape index (κ3) is 4.80. The SMILES string of the molecule is CCSc1ccccc1C(=O)Nc1cc(-c2ccco2)nn1-c1nc(-c2ccccc2)cc(=O)[nH]1. The molecule has 0 aliphatic rings. The zero-order valence-electron chi connectivity index (χ0n) is 18.8. The fraction of sp³-hybridized carbons (Fsp3) is 0.0769. The van der Waals surface area contributed by atoms with Gasteiger partial charge in [-0.3, -0.25) is 14.6 Å². The highest BCUT2D eigenvalue weighted by molar-refractivity contribution is 7.99. The number of nitrogens with zero attached hydrogens (tertiary/aromatic N) is 3. The molecule has 35 heavy (non-hydrogen) atoms. The highest BCUT2D eigenvalue weighted by Gasteiger charge is 2.19. The van der Waals surface area contributed by atoms with Crippen LogP contribution in [0.15, 0.2) is 99.2 Å². The number of anilines is 1. The lowest BCUT2D eigenvalue weighted by Crippen LogP contribution is -2.19. The van der Waals surface area contributed by atoms with Gasteiger partial charge >= 0.3 is 0 Å². The second-order valence-corrected chi connectivity index (χ2v) is 8.81. The van der Waals surface area contributed by atoms with Gasteiger partial charge < -0.3 is 9.73 Å². The van der Waals surface area contributed by atoms with Crippen LogP contribution in [-0.2, 0) is 0 Å². The molecular weight excluding hydrogens is 462 g/mol. The van der Waals surface area contributed by atoms with Crippen LogP contribution in [0.25, 0.3) is 28.7 Å². The van der Waals surface area contributed by atoms with E-state index in [4.69, 9.17) is 4.42 Å². The van der Waals surface area contributed by atoms with Crippen molar-refractivity contribution < 1.29 is 9.21 Å². The Morgan fingerprint density at radius 3 is 2.60 bits per heavy atom. The molecule has 9 heteroatoms. The number of hydrogen-bond acceptors (Lipinski definition) is 6. The van der Waals surface area contributed by atoms with Crippen molar-refractivity contribution in [1.29, 1.82) is 0 Å². The van der Waals surface area contributed by atoms with E-state index in [2.05, 4.69) is 20.4 Å². The van der Waals surface area contributed by atoms with E-state index in [9.17, 15) is 9.59 Å². The fourth-order valence-corrected chi connectivity index (χ4v) is 4.40. The molecule has 174 valence electrons. The summed E-state index contributed by atoms with van der Waals surface area (Å²) in [4.78, 5) is 34.0. The van der Waals surface area contributed by atoms with Gasteiger partial charge in [0.2, 0.25) is 5.95 Å². The normalized spacial score (nSPS) is 10.9. The highest BCUT2D eigenvalue weighted by atomic mass is 32.2. The standard InChI is InChI=1S/C26H21N5O3S/c1-2-35-22-13-7-6-11-18(22)25(33)28-23-15-20(21-12-8-14-34-21)30-31(23)26-27-19(16-24(32)29-26)17-9-4-3-5-10-17/h3-16H,2H2,1H3,(H,28,33)(H,27,29,32). The second kappa shape index (κ2) is 9.86. The van der Waals surface area contributed by atoms with Crippen molar-refractivity contribution >= 4 is 23.5 Å². The number of benzene rings is 2. The maximum Gasteiger partial charge on any atom is 0.257 e. The summed E-state index contributed by atoms with van der Waals surface area (Å²) in [6.07, 6.45) is 1.54. The average molecular weight is 484 g/mol. The Kier molecular flexibility index (Phi) is 6.32. The molecule has 0 radical (unpaired) electrons. The Bertz CT molecular complexity index is 1520. The molecule has 0 aliphatic heterocycles. The molecule has 0 saturated carbocycles. The third-order valence-corrected chi connectivity index (χ3v) is 6.11. The fourth-order valence-electron chi connectivity index (χ4n) is 3.60. The smallest absolute Gasteiger partial charge is 0.257 e. The first-order valence-electron chi connectivity index (χ1n) is 11.0. The maximum atomic E-state index is 13.3. The van der Waals surface area contributed by atoms with Gasteiger partial charge in [0.05, 0.1) is 17.5 Å². The second-order valence-electron chi connectivity index (χ2n) is 7.51. The summed E-state index contributed by atoms with van der Waals surface area (Å²) in [7, 11) is 0. The van der Waals surface area contributed by atoms with Gasteiger partial charge in [-0.25, -0.2) is 4.98 Å². The Morgan fingerprint density at radius 1 is 1.03 bits per heavy atom. The number of furan rings is 1. The highest BCUT2D eigenvalue weighted by Crippen LogP contribution is 2.27. The number of amides is 1. The zero-order valence-corrected chi connectivity index (χ0v) is 19.6. The number of rotatable bonds is 7. The predicted octanol–water partition coefficient (Wildman–Crippen LogP) is 5.25. The van der Waals surface area contributed by atoms with Crippen LogP contribution in [0.3, 0.4) is 0 Å². The number of H-pyrrole nitrogens is 1. The van der Waals surface area contributed by atoms with Crippen LogP contribution in [-0.4, -0.2) is 31.4 Å². The first-order valence-corrected chi connectivity index (χ1v) is 11.9. The molecule has 2 N–H and O–H groups in total. The maximum absolute atomic E-state index is 13.3. The van der Waals surface area contributed by atoms with Crippen LogP contribution in [0.5, 0.6) is 0 Å². The van der Waals surface area contributed by atoms with E-state index >= 15 is 0 Å². The third-order valence-electron chi connectivity index (χ3n) is 5.16. The van der Waals surface area contributed by atoms with E-state index in [0.29, 0.717) is 28.5 Å². The van der Waals surface area contributed by atoms with Crippen LogP contribution in [0.1, 0.15) is 17.3 Å². The lowest BCUT2D eigenvalue weighted by atomic mass is 10.1. The summed E-state index contributed by atoms with van der Waals surface area (Å²) in [6, 6.07) is 23.4. The molecule has 0 fully saturated rings. The minimum atomic E-state index is -0.342. The molecule has 3 aromatic heterocycles. The molecule has 0 bridgehead atoms. The average Bonchev–Trinajstić information content (AvgIpc) is 3.55. The van der Waals surface area contributed by atoms with Gasteiger partial charge in [-0.05, 0) is 30.0 Å². The van der Waals surface area contributed by atoms with Gasteiger partial charge in [-0.2, -0.15) is 9.78 Å². The van der Waals surface area contributed by atoms with Gasteiger partial charge in [-0.1, -0.05) is 49.4 Å². The molecule has 0 atom stereocenters. The first kappa shape index (κ1) is 22.4. The molecule has 0 aliphatic carbocycles. The van der Waals surface area contributed by atoms with Crippen LogP contribution in [0.4, 0.5) is 5.82 Å². The largest absolute Gasteiger partial charge is 0.463 e. The van der Waals surface area contributed by atoms with Gasteiger partial charge in [0.1, 0.15) is 11.5 Å². The number of aromatic amines is 1. The lowest BCUT2D eigenvalue weighted by molar-refractivity contribution is 0.102. The van der Waals surface area contributed by atoms with E-state index in [1.54, 1.807) is 42.3 Å². The van der Waals surface area contributed by atoms with Crippen LogP contribution < -0.4 is 10.9 Å². The summed E-state index contributed by atoms with van der Waals surface area (Å²) in [5.41, 5.74) is 1.96. The van der Waals surface area contributed by atoms with E-state index in [1.165, 1.54) is 10.7 Å². The van der Waals surface area contributed by atoms with E-state index < -0.39 is 0 Å². The summed E-state index contributed by atoms with van der Waals surface area (Å²) < 4.78 is 6.90. The van der Waals surface area contributed by atoms with E-state index in [0.717, 1.165) is 16.2 Å². The predicted molar refractivity (Wildman–Crippen MR) is 136 cm³/mol. The van der Waals surface area contributed by atoms with E-state index in [-0.39, 0.29) is 17.4 Å². The van der Waals surface area contributed by atoms with E-state index in [1.807, 2.05) is 55.5 Å². The van der Waals surface area contributed by atoms with Gasteiger partial charge in [0.15, 0.2) is 5.76 Å². The Labute approximate surface area is 205 Å². The minimum absolute atomic E-state index is 0.167. The molecule has 3 heterocycles. The monoisotopic (exact) mass is 483 g/mol. The van der Waals surface area contributed by atoms with Gasteiger partial charge in [-0.15, -0.1) is 11.8 Å². The molecule has 1 amide bonds. The number of hydrogen-bond donors (Lipinski definition) is 2. The van der Waals surface area contributed by atoms with Crippen molar-refractivity contribution in [1.82, 2.24) is 19.7 Å². The van der Waals surface area contributed by atoms with Crippen molar-refractivity contribution in [2.75, 3.05) is 11.1 Å².